The van der Waals surface area contributed by atoms with Gasteiger partial charge in [0.1, 0.15) is 18.1 Å². The number of carboxylic acid groups (broad SMARTS) is 1. The predicted molar refractivity (Wildman–Crippen MR) is 90.4 cm³/mol. The molecule has 0 aliphatic rings. The molecule has 2 aromatic rings. The molecule has 5 heteroatoms. The highest BCUT2D eigenvalue weighted by Gasteiger charge is 2.06. The SMILES string of the molecule is COc1ccc(/C=C/C(=O)O)cc1COc1cccc(C(C)=O)c1. The number of methoxy groups -OCH3 is 1. The summed E-state index contributed by atoms with van der Waals surface area (Å²) in [5, 5.41) is 8.70. The summed E-state index contributed by atoms with van der Waals surface area (Å²) in [4.78, 5) is 22.0. The summed E-state index contributed by atoms with van der Waals surface area (Å²) in [5.41, 5.74) is 2.09. The number of benzene rings is 2. The normalized spacial score (nSPS) is 10.6. The first kappa shape index (κ1) is 17.3. The molecule has 0 spiro atoms. The zero-order valence-corrected chi connectivity index (χ0v) is 13.5. The van der Waals surface area contributed by atoms with E-state index in [0.29, 0.717) is 17.1 Å². The van der Waals surface area contributed by atoms with E-state index < -0.39 is 5.97 Å². The zero-order valence-electron chi connectivity index (χ0n) is 13.5. The Labute approximate surface area is 140 Å². The monoisotopic (exact) mass is 326 g/mol. The van der Waals surface area contributed by atoms with Crippen LogP contribution < -0.4 is 9.47 Å². The summed E-state index contributed by atoms with van der Waals surface area (Å²) in [6, 6.07) is 12.3. The summed E-state index contributed by atoms with van der Waals surface area (Å²) >= 11 is 0. The molecule has 0 saturated carbocycles. The van der Waals surface area contributed by atoms with E-state index in [4.69, 9.17) is 14.6 Å². The minimum atomic E-state index is -1.01. The molecule has 0 aromatic heterocycles. The van der Waals surface area contributed by atoms with Gasteiger partial charge in [-0.2, -0.15) is 0 Å². The van der Waals surface area contributed by atoms with Crippen LogP contribution in [0, 0.1) is 0 Å². The lowest BCUT2D eigenvalue weighted by atomic mass is 10.1. The maximum atomic E-state index is 11.4. The van der Waals surface area contributed by atoms with E-state index >= 15 is 0 Å². The quantitative estimate of drug-likeness (QED) is 0.622. The second kappa shape index (κ2) is 7.97. The molecule has 0 amide bonds. The van der Waals surface area contributed by atoms with E-state index in [1.54, 1.807) is 49.6 Å². The molecule has 2 rings (SSSR count). The first-order chi connectivity index (χ1) is 11.5. The lowest BCUT2D eigenvalue weighted by molar-refractivity contribution is -0.131. The number of carboxylic acids is 1. The first-order valence-corrected chi connectivity index (χ1v) is 7.31. The van der Waals surface area contributed by atoms with Crippen molar-refractivity contribution in [1.29, 1.82) is 0 Å². The maximum Gasteiger partial charge on any atom is 0.328 e. The summed E-state index contributed by atoms with van der Waals surface area (Å²) in [6.45, 7) is 1.74. The Hall–Kier alpha value is -3.08. The Morgan fingerprint density at radius 3 is 2.62 bits per heavy atom. The summed E-state index contributed by atoms with van der Waals surface area (Å²) in [7, 11) is 1.56. The number of carbonyl (C=O) groups is 2. The topological polar surface area (TPSA) is 72.8 Å². The Morgan fingerprint density at radius 1 is 1.17 bits per heavy atom. The lowest BCUT2D eigenvalue weighted by Crippen LogP contribution is -2.00. The molecule has 5 nitrogen and oxygen atoms in total. The highest BCUT2D eigenvalue weighted by molar-refractivity contribution is 5.94. The third-order valence-corrected chi connectivity index (χ3v) is 3.36. The molecule has 0 radical (unpaired) electrons. The number of rotatable bonds is 7. The number of hydrogen-bond donors (Lipinski definition) is 1. The smallest absolute Gasteiger partial charge is 0.328 e. The van der Waals surface area contributed by atoms with Crippen molar-refractivity contribution in [3.8, 4) is 11.5 Å². The van der Waals surface area contributed by atoms with Crippen LogP contribution >= 0.6 is 0 Å². The van der Waals surface area contributed by atoms with Crippen LogP contribution in [0.4, 0.5) is 0 Å². The largest absolute Gasteiger partial charge is 0.496 e. The molecule has 0 saturated heterocycles. The number of hydrogen-bond acceptors (Lipinski definition) is 4. The Bertz CT molecular complexity index is 777. The van der Waals surface area contributed by atoms with Crippen molar-refractivity contribution in [2.24, 2.45) is 0 Å². The molecule has 0 aliphatic carbocycles. The highest BCUT2D eigenvalue weighted by Crippen LogP contribution is 2.23. The standard InChI is InChI=1S/C19H18O5/c1-13(20)15-4-3-5-17(11-15)24-12-16-10-14(7-9-19(21)22)6-8-18(16)23-2/h3-11H,12H2,1-2H3,(H,21,22)/b9-7+. The third-order valence-electron chi connectivity index (χ3n) is 3.36. The molecule has 1 N–H and O–H groups in total. The van der Waals surface area contributed by atoms with Crippen molar-refractivity contribution in [3.05, 3.63) is 65.2 Å². The fraction of sp³-hybridized carbons (Fsp3) is 0.158. The fourth-order valence-electron chi connectivity index (χ4n) is 2.15. The van der Waals surface area contributed by atoms with Crippen molar-refractivity contribution in [2.75, 3.05) is 7.11 Å². The number of ketones is 1. The minimum absolute atomic E-state index is 0.0289. The van der Waals surface area contributed by atoms with Gasteiger partial charge in [0.2, 0.25) is 0 Å². The van der Waals surface area contributed by atoms with Gasteiger partial charge in [-0.05, 0) is 42.8 Å². The van der Waals surface area contributed by atoms with Gasteiger partial charge in [0, 0.05) is 17.2 Å². The lowest BCUT2D eigenvalue weighted by Gasteiger charge is -2.11. The van der Waals surface area contributed by atoms with E-state index in [1.807, 2.05) is 0 Å². The molecular formula is C19H18O5. The predicted octanol–water partition coefficient (Wildman–Crippen LogP) is 3.57. The van der Waals surface area contributed by atoms with Crippen LogP contribution in [-0.4, -0.2) is 24.0 Å². The Balaban J connectivity index is 2.18. The summed E-state index contributed by atoms with van der Waals surface area (Å²) in [5.74, 6) is 0.185. The number of Topliss-reactive ketones (excluding diaryl/α,β-unsaturated/α-hetero) is 1. The van der Waals surface area contributed by atoms with E-state index in [0.717, 1.165) is 17.2 Å². The van der Waals surface area contributed by atoms with E-state index in [9.17, 15) is 9.59 Å². The second-order valence-corrected chi connectivity index (χ2v) is 5.12. The van der Waals surface area contributed by atoms with E-state index in [1.165, 1.54) is 13.0 Å². The van der Waals surface area contributed by atoms with E-state index in [-0.39, 0.29) is 12.4 Å². The van der Waals surface area contributed by atoms with E-state index in [2.05, 4.69) is 0 Å². The number of carbonyl (C=O) groups excluding carboxylic acids is 1. The van der Waals surface area contributed by atoms with Crippen LogP contribution in [0.1, 0.15) is 28.4 Å². The second-order valence-electron chi connectivity index (χ2n) is 5.12. The fourth-order valence-corrected chi connectivity index (χ4v) is 2.15. The number of ether oxygens (including phenoxy) is 2. The molecule has 0 fully saturated rings. The first-order valence-electron chi connectivity index (χ1n) is 7.31. The summed E-state index contributed by atoms with van der Waals surface area (Å²) < 4.78 is 11.0. The van der Waals surface area contributed by atoms with Gasteiger partial charge in [0.15, 0.2) is 5.78 Å². The Kier molecular flexibility index (Phi) is 5.73. The minimum Gasteiger partial charge on any atom is -0.496 e. The molecular weight excluding hydrogens is 308 g/mol. The highest BCUT2D eigenvalue weighted by atomic mass is 16.5. The van der Waals surface area contributed by atoms with Crippen molar-refractivity contribution >= 4 is 17.8 Å². The van der Waals surface area contributed by atoms with Crippen LogP contribution in [0.25, 0.3) is 6.08 Å². The average molecular weight is 326 g/mol. The maximum absolute atomic E-state index is 11.4. The number of aliphatic carboxylic acids is 1. The molecule has 24 heavy (non-hydrogen) atoms. The van der Waals surface area contributed by atoms with Gasteiger partial charge in [0.05, 0.1) is 7.11 Å². The van der Waals surface area contributed by atoms with Crippen molar-refractivity contribution in [1.82, 2.24) is 0 Å². The van der Waals surface area contributed by atoms with Crippen molar-refractivity contribution < 1.29 is 24.2 Å². The van der Waals surface area contributed by atoms with Gasteiger partial charge >= 0.3 is 5.97 Å². The molecule has 124 valence electrons. The molecule has 0 atom stereocenters. The average Bonchev–Trinajstić information content (AvgIpc) is 2.58. The van der Waals surface area contributed by atoms with Gasteiger partial charge in [0.25, 0.3) is 0 Å². The van der Waals surface area contributed by atoms with Gasteiger partial charge < -0.3 is 14.6 Å². The molecule has 0 unspecified atom stereocenters. The summed E-state index contributed by atoms with van der Waals surface area (Å²) in [6.07, 6.45) is 2.57. The molecule has 0 heterocycles. The Morgan fingerprint density at radius 2 is 1.96 bits per heavy atom. The van der Waals surface area contributed by atoms with Crippen LogP contribution in [0.3, 0.4) is 0 Å². The van der Waals surface area contributed by atoms with Crippen LogP contribution in [0.5, 0.6) is 11.5 Å². The van der Waals surface area contributed by atoms with Gasteiger partial charge in [-0.25, -0.2) is 4.79 Å². The van der Waals surface area contributed by atoms with Crippen LogP contribution in [0.15, 0.2) is 48.5 Å². The molecule has 2 aromatic carbocycles. The molecule has 0 bridgehead atoms. The zero-order chi connectivity index (χ0) is 17.5. The van der Waals surface area contributed by atoms with Crippen molar-refractivity contribution in [3.63, 3.8) is 0 Å². The van der Waals surface area contributed by atoms with Gasteiger partial charge in [-0.1, -0.05) is 18.2 Å². The van der Waals surface area contributed by atoms with Crippen LogP contribution in [0.2, 0.25) is 0 Å². The van der Waals surface area contributed by atoms with Crippen LogP contribution in [-0.2, 0) is 11.4 Å². The third kappa shape index (κ3) is 4.71. The van der Waals surface area contributed by atoms with Gasteiger partial charge in [-0.3, -0.25) is 4.79 Å². The van der Waals surface area contributed by atoms with Crippen molar-refractivity contribution in [2.45, 2.75) is 13.5 Å². The van der Waals surface area contributed by atoms with Gasteiger partial charge in [-0.15, -0.1) is 0 Å². The molecule has 0 aliphatic heterocycles.